The Morgan fingerprint density at radius 1 is 1.44 bits per heavy atom. The van der Waals surface area contributed by atoms with E-state index in [4.69, 9.17) is 4.74 Å². The number of nitrogens with one attached hydrogen (secondary N) is 2. The number of benzene rings is 1. The lowest BCUT2D eigenvalue weighted by molar-refractivity contribution is -0.117. The Hall–Kier alpha value is -1.55. The topological polar surface area (TPSA) is 50.4 Å². The highest BCUT2D eigenvalue weighted by atomic mass is 16.5. The summed E-state index contributed by atoms with van der Waals surface area (Å²) < 4.78 is 4.99. The van der Waals surface area contributed by atoms with Crippen LogP contribution < -0.4 is 10.6 Å². The zero-order chi connectivity index (χ0) is 11.5. The van der Waals surface area contributed by atoms with Crippen molar-refractivity contribution in [3.63, 3.8) is 0 Å². The molecule has 0 saturated heterocycles. The maximum absolute atomic E-state index is 11.7. The van der Waals surface area contributed by atoms with E-state index >= 15 is 0 Å². The van der Waals surface area contributed by atoms with Crippen molar-refractivity contribution in [2.24, 2.45) is 0 Å². The summed E-state index contributed by atoms with van der Waals surface area (Å²) >= 11 is 0. The van der Waals surface area contributed by atoms with Crippen LogP contribution in [0.1, 0.15) is 12.0 Å². The van der Waals surface area contributed by atoms with Gasteiger partial charge in [0.2, 0.25) is 5.91 Å². The van der Waals surface area contributed by atoms with Crippen LogP contribution in [0.2, 0.25) is 0 Å². The van der Waals surface area contributed by atoms with Crippen molar-refractivity contribution in [3.8, 4) is 0 Å². The number of hydrogen-bond acceptors (Lipinski definition) is 3. The average molecular weight is 220 g/mol. The van der Waals surface area contributed by atoms with Crippen LogP contribution in [0, 0.1) is 6.92 Å². The first kappa shape index (κ1) is 11.0. The highest BCUT2D eigenvalue weighted by molar-refractivity contribution is 6.03. The first-order chi connectivity index (χ1) is 7.72. The van der Waals surface area contributed by atoms with E-state index in [1.165, 1.54) is 0 Å². The normalized spacial score (nSPS) is 18.6. The smallest absolute Gasteiger partial charge is 0.247 e. The van der Waals surface area contributed by atoms with E-state index in [0.717, 1.165) is 16.9 Å². The molecule has 4 nitrogen and oxygen atoms in total. The molecule has 86 valence electrons. The van der Waals surface area contributed by atoms with Gasteiger partial charge in [0, 0.05) is 13.7 Å². The number of anilines is 2. The third-order valence-corrected chi connectivity index (χ3v) is 2.78. The van der Waals surface area contributed by atoms with E-state index in [2.05, 4.69) is 10.6 Å². The number of carbonyl (C=O) groups is 1. The van der Waals surface area contributed by atoms with Gasteiger partial charge >= 0.3 is 0 Å². The van der Waals surface area contributed by atoms with Crippen molar-refractivity contribution in [1.29, 1.82) is 0 Å². The van der Waals surface area contributed by atoms with Gasteiger partial charge in [-0.2, -0.15) is 0 Å². The molecule has 0 fully saturated rings. The van der Waals surface area contributed by atoms with Crippen LogP contribution >= 0.6 is 0 Å². The molecular formula is C12H16N2O2. The quantitative estimate of drug-likeness (QED) is 0.816. The van der Waals surface area contributed by atoms with Crippen molar-refractivity contribution in [2.75, 3.05) is 24.4 Å². The van der Waals surface area contributed by atoms with Gasteiger partial charge in [0.15, 0.2) is 0 Å². The van der Waals surface area contributed by atoms with Gasteiger partial charge in [-0.25, -0.2) is 0 Å². The van der Waals surface area contributed by atoms with Gasteiger partial charge in [0.25, 0.3) is 0 Å². The molecule has 0 saturated carbocycles. The number of aryl methyl sites for hydroxylation is 1. The molecule has 1 amide bonds. The number of methoxy groups -OCH3 is 1. The van der Waals surface area contributed by atoms with Gasteiger partial charge in [0.05, 0.1) is 11.4 Å². The van der Waals surface area contributed by atoms with E-state index in [9.17, 15) is 4.79 Å². The molecule has 1 aromatic carbocycles. The maximum atomic E-state index is 11.7. The summed E-state index contributed by atoms with van der Waals surface area (Å²) in [6, 6.07) is 5.66. The van der Waals surface area contributed by atoms with Crippen LogP contribution in [-0.2, 0) is 9.53 Å². The fraction of sp³-hybridized carbons (Fsp3) is 0.417. The number of para-hydroxylation sites is 1. The molecule has 0 radical (unpaired) electrons. The lowest BCUT2D eigenvalue weighted by Crippen LogP contribution is -2.39. The van der Waals surface area contributed by atoms with Gasteiger partial charge in [-0.05, 0) is 25.0 Å². The highest BCUT2D eigenvalue weighted by Gasteiger charge is 2.25. The van der Waals surface area contributed by atoms with Crippen LogP contribution in [0.15, 0.2) is 18.2 Å². The molecule has 0 aliphatic carbocycles. The van der Waals surface area contributed by atoms with Gasteiger partial charge in [-0.3, -0.25) is 4.79 Å². The van der Waals surface area contributed by atoms with Crippen LogP contribution in [0.4, 0.5) is 11.4 Å². The van der Waals surface area contributed by atoms with Crippen molar-refractivity contribution in [2.45, 2.75) is 19.4 Å². The Morgan fingerprint density at radius 2 is 2.25 bits per heavy atom. The predicted octanol–water partition coefficient (Wildman–Crippen LogP) is 1.76. The molecule has 1 unspecified atom stereocenters. The fourth-order valence-corrected chi connectivity index (χ4v) is 1.86. The fourth-order valence-electron chi connectivity index (χ4n) is 1.86. The molecule has 1 aromatic rings. The van der Waals surface area contributed by atoms with E-state index in [1.807, 2.05) is 25.1 Å². The van der Waals surface area contributed by atoms with E-state index in [-0.39, 0.29) is 11.9 Å². The second-order valence-electron chi connectivity index (χ2n) is 3.97. The second kappa shape index (κ2) is 4.53. The minimum absolute atomic E-state index is 0.00940. The molecule has 2 N–H and O–H groups in total. The number of fused-ring (bicyclic) bond motifs is 1. The maximum Gasteiger partial charge on any atom is 0.247 e. The molecule has 2 rings (SSSR count). The largest absolute Gasteiger partial charge is 0.385 e. The number of rotatable bonds is 3. The summed E-state index contributed by atoms with van der Waals surface area (Å²) in [5.41, 5.74) is 3.02. The minimum Gasteiger partial charge on any atom is -0.385 e. The molecule has 16 heavy (non-hydrogen) atoms. The monoisotopic (exact) mass is 220 g/mol. The molecule has 1 aliphatic rings. The second-order valence-corrected chi connectivity index (χ2v) is 3.97. The molecule has 0 bridgehead atoms. The Labute approximate surface area is 95.0 Å². The van der Waals surface area contributed by atoms with Crippen molar-refractivity contribution in [1.82, 2.24) is 0 Å². The third-order valence-electron chi connectivity index (χ3n) is 2.78. The Kier molecular flexibility index (Phi) is 3.10. The molecule has 0 aromatic heterocycles. The van der Waals surface area contributed by atoms with E-state index in [1.54, 1.807) is 7.11 Å². The van der Waals surface area contributed by atoms with Crippen LogP contribution in [0.3, 0.4) is 0 Å². The van der Waals surface area contributed by atoms with Crippen LogP contribution in [0.5, 0.6) is 0 Å². The number of hydrogen-bond donors (Lipinski definition) is 2. The minimum atomic E-state index is -0.200. The first-order valence-electron chi connectivity index (χ1n) is 5.38. The molecule has 0 spiro atoms. The SMILES string of the molecule is COCCC1Nc2c(C)cccc2NC1=O. The Balaban J connectivity index is 2.20. The third kappa shape index (κ3) is 2.02. The zero-order valence-electron chi connectivity index (χ0n) is 9.54. The Bertz CT molecular complexity index is 404. The van der Waals surface area contributed by atoms with Crippen LogP contribution in [-0.4, -0.2) is 25.7 Å². The number of carbonyl (C=O) groups excluding carboxylic acids is 1. The van der Waals surface area contributed by atoms with E-state index in [0.29, 0.717) is 13.0 Å². The molecule has 1 aliphatic heterocycles. The molecular weight excluding hydrogens is 204 g/mol. The van der Waals surface area contributed by atoms with Gasteiger partial charge < -0.3 is 15.4 Å². The summed E-state index contributed by atoms with van der Waals surface area (Å²) in [5.74, 6) is 0.00940. The number of ether oxygens (including phenoxy) is 1. The lowest BCUT2D eigenvalue weighted by atomic mass is 10.1. The summed E-state index contributed by atoms with van der Waals surface area (Å²) in [6.07, 6.45) is 0.677. The van der Waals surface area contributed by atoms with Gasteiger partial charge in [-0.15, -0.1) is 0 Å². The lowest BCUT2D eigenvalue weighted by Gasteiger charge is -2.27. The summed E-state index contributed by atoms with van der Waals surface area (Å²) in [5, 5.41) is 6.16. The molecule has 1 atom stereocenters. The van der Waals surface area contributed by atoms with E-state index < -0.39 is 0 Å². The zero-order valence-corrected chi connectivity index (χ0v) is 9.54. The molecule has 4 heteroatoms. The summed E-state index contributed by atoms with van der Waals surface area (Å²) in [6.45, 7) is 2.60. The number of amides is 1. The van der Waals surface area contributed by atoms with Crippen LogP contribution in [0.25, 0.3) is 0 Å². The summed E-state index contributed by atoms with van der Waals surface area (Å²) in [7, 11) is 1.64. The van der Waals surface area contributed by atoms with Gasteiger partial charge in [0.1, 0.15) is 6.04 Å². The molecule has 1 heterocycles. The standard InChI is InChI=1S/C12H16N2O2/c1-8-4-3-5-9-11(8)13-10(6-7-16-2)12(15)14-9/h3-5,10,13H,6-7H2,1-2H3,(H,14,15). The predicted molar refractivity (Wildman–Crippen MR) is 63.7 cm³/mol. The van der Waals surface area contributed by atoms with Gasteiger partial charge in [-0.1, -0.05) is 12.1 Å². The van der Waals surface area contributed by atoms with Crippen molar-refractivity contribution in [3.05, 3.63) is 23.8 Å². The summed E-state index contributed by atoms with van der Waals surface area (Å²) in [4.78, 5) is 11.7. The Morgan fingerprint density at radius 3 is 3.00 bits per heavy atom. The first-order valence-corrected chi connectivity index (χ1v) is 5.38. The van der Waals surface area contributed by atoms with Crippen molar-refractivity contribution < 1.29 is 9.53 Å². The average Bonchev–Trinajstić information content (AvgIpc) is 2.27. The van der Waals surface area contributed by atoms with Crippen molar-refractivity contribution >= 4 is 17.3 Å². The highest BCUT2D eigenvalue weighted by Crippen LogP contribution is 2.30.